The summed E-state index contributed by atoms with van der Waals surface area (Å²) >= 11 is 26.6. The Bertz CT molecular complexity index is 2920. The lowest BCUT2D eigenvalue weighted by Gasteiger charge is -1.94. The van der Waals surface area contributed by atoms with Gasteiger partial charge in [-0.3, -0.25) is 0 Å². The lowest BCUT2D eigenvalue weighted by Crippen LogP contribution is -1.59. The molecule has 70 heavy (non-hydrogen) atoms. The van der Waals surface area contributed by atoms with Crippen LogP contribution in [0, 0.1) is 0 Å². The average Bonchev–Trinajstić information content (AvgIpc) is 4.22. The first-order valence-electron chi connectivity index (χ1n) is 22.0. The number of rotatable bonds is 0. The van der Waals surface area contributed by atoms with Gasteiger partial charge in [-0.2, -0.15) is 0 Å². The zero-order valence-electron chi connectivity index (χ0n) is 35.9. The van der Waals surface area contributed by atoms with Crippen LogP contribution in [0.3, 0.4) is 0 Å². The number of thiophene rings is 14. The summed E-state index contributed by atoms with van der Waals surface area (Å²) in [6.07, 6.45) is 0. The highest BCUT2D eigenvalue weighted by molar-refractivity contribution is 7.34. The second-order valence-corrected chi connectivity index (χ2v) is 31.5. The molecule has 0 atom stereocenters. The molecular weight excluding hydrogens is 1120 g/mol. The van der Waals surface area contributed by atoms with E-state index in [1.807, 2.05) is 159 Å². The molecule has 0 aromatic carbocycles. The summed E-state index contributed by atoms with van der Waals surface area (Å²) in [6.45, 7) is 0. The largest absolute Gasteiger partial charge is 0.134 e. The molecular formula is C56H28S14. The first kappa shape index (κ1) is 43.4. The maximum Gasteiger partial charge on any atom is 0.0449 e. The van der Waals surface area contributed by atoms with E-state index >= 15 is 0 Å². The fourth-order valence-electron chi connectivity index (χ4n) is 8.44. The summed E-state index contributed by atoms with van der Waals surface area (Å²) < 4.78 is 0. The van der Waals surface area contributed by atoms with Gasteiger partial charge in [-0.05, 0) is 170 Å². The van der Waals surface area contributed by atoms with E-state index in [0.29, 0.717) is 0 Å². The molecule has 15 rings (SSSR count). The molecule has 0 saturated carbocycles. The van der Waals surface area contributed by atoms with Crippen molar-refractivity contribution < 1.29 is 0 Å². The van der Waals surface area contributed by atoms with Gasteiger partial charge in [-0.25, -0.2) is 0 Å². The molecule has 0 amide bonds. The van der Waals surface area contributed by atoms with Gasteiger partial charge in [0.2, 0.25) is 0 Å². The molecule has 14 aromatic heterocycles. The minimum atomic E-state index is 1.33. The van der Waals surface area contributed by atoms with Crippen LogP contribution in [-0.2, 0) is 0 Å². The third-order valence-corrected chi connectivity index (χ3v) is 29.8. The Morgan fingerprint density at radius 1 is 0.0857 bits per heavy atom. The first-order chi connectivity index (χ1) is 34.5. The van der Waals surface area contributed by atoms with Crippen LogP contribution in [0.15, 0.2) is 170 Å². The molecule has 0 spiro atoms. The van der Waals surface area contributed by atoms with Crippen LogP contribution in [0.4, 0.5) is 0 Å². The van der Waals surface area contributed by atoms with Gasteiger partial charge in [0.15, 0.2) is 0 Å². The van der Waals surface area contributed by atoms with E-state index in [1.54, 1.807) is 0 Å². The van der Waals surface area contributed by atoms with Gasteiger partial charge in [0.1, 0.15) is 0 Å². The Morgan fingerprint density at radius 3 is 0.171 bits per heavy atom. The minimum Gasteiger partial charge on any atom is -0.134 e. The highest BCUT2D eigenvalue weighted by Gasteiger charge is 2.19. The van der Waals surface area contributed by atoms with Gasteiger partial charge in [-0.1, -0.05) is 0 Å². The van der Waals surface area contributed by atoms with Crippen LogP contribution < -0.4 is 0 Å². The molecule has 28 bridgehead atoms. The van der Waals surface area contributed by atoms with E-state index in [-0.39, 0.29) is 0 Å². The number of fused-ring (bicyclic) bond motifs is 42. The second-order valence-electron chi connectivity index (χ2n) is 16.3. The van der Waals surface area contributed by atoms with Crippen LogP contribution in [0.1, 0.15) is 0 Å². The van der Waals surface area contributed by atoms with Crippen LogP contribution in [0.2, 0.25) is 0 Å². The highest BCUT2D eigenvalue weighted by atomic mass is 32.2. The van der Waals surface area contributed by atoms with Gasteiger partial charge in [0.25, 0.3) is 0 Å². The first-order valence-corrected chi connectivity index (χ1v) is 33.4. The smallest absolute Gasteiger partial charge is 0.0449 e. The summed E-state index contributed by atoms with van der Waals surface area (Å²) in [5.74, 6) is 0. The summed E-state index contributed by atoms with van der Waals surface area (Å²) in [5.41, 5.74) is 0. The van der Waals surface area contributed by atoms with Gasteiger partial charge in [0, 0.05) is 137 Å². The van der Waals surface area contributed by atoms with E-state index < -0.39 is 0 Å². The average molecular weight is 1150 g/mol. The fraction of sp³-hybridized carbons (Fsp3) is 0. The van der Waals surface area contributed by atoms with Crippen molar-refractivity contribution in [3.8, 4) is 137 Å². The molecule has 0 aliphatic carbocycles. The van der Waals surface area contributed by atoms with Crippen molar-refractivity contribution in [3.63, 3.8) is 0 Å². The predicted octanol–water partition coefficient (Wildman–Crippen LogP) is 24.2. The predicted molar refractivity (Wildman–Crippen MR) is 326 cm³/mol. The Hall–Kier alpha value is -4.20. The second kappa shape index (κ2) is 17.8. The summed E-state index contributed by atoms with van der Waals surface area (Å²) in [6, 6.07) is 64.5. The highest BCUT2D eigenvalue weighted by Crippen LogP contribution is 2.51. The molecule has 0 N–H and O–H groups in total. The Kier molecular flexibility index (Phi) is 11.0. The van der Waals surface area contributed by atoms with Crippen molar-refractivity contribution >= 4 is 159 Å². The van der Waals surface area contributed by atoms with Crippen molar-refractivity contribution in [1.29, 1.82) is 0 Å². The van der Waals surface area contributed by atoms with Crippen molar-refractivity contribution in [2.45, 2.75) is 0 Å². The SMILES string of the molecule is c1cc2sc1-c1ccc(s1)-c1ccc(s1)-c1ccc(s1)-c1ccc(s1)-c1ccc(s1)-c1ccc(s1)-c1ccc(s1)-c1ccc(s1)-c1ccc(s1)-c1ccc(s1)-c1ccc(s1)-c1ccc(s1)-c1ccc-2s1. The summed E-state index contributed by atoms with van der Waals surface area (Å²) in [7, 11) is 0. The third kappa shape index (κ3) is 7.96. The van der Waals surface area contributed by atoms with E-state index in [0.717, 1.165) is 0 Å². The van der Waals surface area contributed by atoms with Gasteiger partial charge < -0.3 is 0 Å². The van der Waals surface area contributed by atoms with E-state index in [1.165, 1.54) is 137 Å². The monoisotopic (exact) mass is 1150 g/mol. The van der Waals surface area contributed by atoms with E-state index in [9.17, 15) is 0 Å². The zero-order valence-corrected chi connectivity index (χ0v) is 47.3. The summed E-state index contributed by atoms with van der Waals surface area (Å²) in [5, 5.41) is 0. The molecule has 1 aliphatic heterocycles. The topological polar surface area (TPSA) is 0 Å². The van der Waals surface area contributed by atoms with E-state index in [4.69, 9.17) is 0 Å². The molecule has 14 heteroatoms. The maximum absolute atomic E-state index is 2.31. The molecule has 14 aromatic rings. The number of hydrogen-bond acceptors (Lipinski definition) is 14. The van der Waals surface area contributed by atoms with Crippen LogP contribution in [-0.4, -0.2) is 0 Å². The molecule has 15 heterocycles. The Morgan fingerprint density at radius 2 is 0.129 bits per heavy atom. The van der Waals surface area contributed by atoms with Crippen molar-refractivity contribution in [3.05, 3.63) is 170 Å². The Balaban J connectivity index is 0.749. The van der Waals surface area contributed by atoms with Crippen LogP contribution >= 0.6 is 159 Å². The lowest BCUT2D eigenvalue weighted by atomic mass is 10.3. The quantitative estimate of drug-likeness (QED) is 0.142. The molecule has 0 unspecified atom stereocenters. The third-order valence-electron chi connectivity index (χ3n) is 11.9. The molecule has 0 nitrogen and oxygen atoms in total. The summed E-state index contributed by atoms with van der Waals surface area (Å²) in [4.78, 5) is 37.2. The van der Waals surface area contributed by atoms with Crippen LogP contribution in [0.25, 0.3) is 137 Å². The van der Waals surface area contributed by atoms with Crippen molar-refractivity contribution in [1.82, 2.24) is 0 Å². The standard InChI is InChI=1S/C56H28S14/c1-2-30-32-5-6-35(59-32)36-9-10-39(61-36)40-13-14-43(63-40)44-17-18-47(65-44)48-21-22-51(67-48)52-25-26-55(69-52)56-28-27-54(70-56)53-24-23-50(68-53)49-20-19-46(66-49)45-16-15-42(64-45)41-12-11-38(62-41)37-8-7-34(60-37)33-4-3-31(58-33)29(1)57-30/h1-28H. The molecule has 0 fully saturated rings. The fourth-order valence-corrected chi connectivity index (χ4v) is 23.8. The van der Waals surface area contributed by atoms with E-state index in [2.05, 4.69) is 170 Å². The van der Waals surface area contributed by atoms with Gasteiger partial charge in [0.05, 0.1) is 0 Å². The number of hydrogen-bond donors (Lipinski definition) is 0. The lowest BCUT2D eigenvalue weighted by molar-refractivity contribution is 1.88. The van der Waals surface area contributed by atoms with Gasteiger partial charge in [-0.15, -0.1) is 159 Å². The van der Waals surface area contributed by atoms with Crippen molar-refractivity contribution in [2.75, 3.05) is 0 Å². The molecule has 0 radical (unpaired) electrons. The van der Waals surface area contributed by atoms with Crippen LogP contribution in [0.5, 0.6) is 0 Å². The van der Waals surface area contributed by atoms with Gasteiger partial charge >= 0.3 is 0 Å². The minimum absolute atomic E-state index is 1.33. The molecule has 0 saturated heterocycles. The van der Waals surface area contributed by atoms with Crippen molar-refractivity contribution in [2.24, 2.45) is 0 Å². The maximum atomic E-state index is 2.31. The molecule has 336 valence electrons. The zero-order chi connectivity index (χ0) is 45.9. The normalized spacial score (nSPS) is 12.0. The molecule has 1 aliphatic rings. The Labute approximate surface area is 459 Å².